The normalized spacial score (nSPS) is 12.5. The fourth-order valence-electron chi connectivity index (χ4n) is 2.18. The molecule has 0 saturated carbocycles. The van der Waals surface area contributed by atoms with E-state index in [4.69, 9.17) is 4.74 Å². The number of halogens is 4. The van der Waals surface area contributed by atoms with Gasteiger partial charge in [0.25, 0.3) is 5.91 Å². The molecule has 2 aromatic carbocycles. The van der Waals surface area contributed by atoms with Crippen LogP contribution in [-0.2, 0) is 17.5 Å². The van der Waals surface area contributed by atoms with Gasteiger partial charge in [0.1, 0.15) is 11.6 Å². The predicted octanol–water partition coefficient (Wildman–Crippen LogP) is 4.32. The number of carbonyl (C=O) groups is 1. The number of hydrogen-bond acceptors (Lipinski definition) is 2. The molecule has 134 valence electrons. The van der Waals surface area contributed by atoms with Crippen LogP contribution in [-0.4, -0.2) is 12.0 Å². The molecule has 1 N–H and O–H groups in total. The molecule has 7 heteroatoms. The van der Waals surface area contributed by atoms with Crippen molar-refractivity contribution in [1.29, 1.82) is 0 Å². The smallest absolute Gasteiger partial charge is 0.419 e. The lowest BCUT2D eigenvalue weighted by atomic mass is 10.2. The molecule has 25 heavy (non-hydrogen) atoms. The van der Waals surface area contributed by atoms with Crippen LogP contribution in [0.5, 0.6) is 5.75 Å². The Kier molecular flexibility index (Phi) is 6.01. The fraction of sp³-hybridized carbons (Fsp3) is 0.278. The molecule has 0 saturated heterocycles. The molecule has 1 unspecified atom stereocenters. The first-order valence-electron chi connectivity index (χ1n) is 7.66. The van der Waals surface area contributed by atoms with E-state index < -0.39 is 29.6 Å². The van der Waals surface area contributed by atoms with E-state index in [1.165, 1.54) is 0 Å². The minimum Gasteiger partial charge on any atom is -0.481 e. The quantitative estimate of drug-likeness (QED) is 0.784. The number of rotatable bonds is 6. The largest absolute Gasteiger partial charge is 0.481 e. The number of ether oxygens (including phenoxy) is 1. The molecule has 0 aromatic heterocycles. The van der Waals surface area contributed by atoms with Crippen molar-refractivity contribution in [3.05, 3.63) is 65.5 Å². The van der Waals surface area contributed by atoms with Crippen molar-refractivity contribution in [3.63, 3.8) is 0 Å². The first-order chi connectivity index (χ1) is 11.8. The number of alkyl halides is 3. The molecule has 3 nitrogen and oxygen atoms in total. The van der Waals surface area contributed by atoms with Gasteiger partial charge in [-0.3, -0.25) is 4.79 Å². The Morgan fingerprint density at radius 1 is 1.16 bits per heavy atom. The zero-order valence-electron chi connectivity index (χ0n) is 13.4. The summed E-state index contributed by atoms with van der Waals surface area (Å²) in [5, 5.41) is 2.67. The lowest BCUT2D eigenvalue weighted by molar-refractivity contribution is -0.140. The summed E-state index contributed by atoms with van der Waals surface area (Å²) in [7, 11) is 0. The molecule has 0 aliphatic carbocycles. The lowest BCUT2D eigenvalue weighted by Gasteiger charge is -2.18. The maximum Gasteiger partial charge on any atom is 0.419 e. The molecule has 1 atom stereocenters. The van der Waals surface area contributed by atoms with Gasteiger partial charge in [-0.1, -0.05) is 37.3 Å². The Bertz CT molecular complexity index is 717. The highest BCUT2D eigenvalue weighted by atomic mass is 19.4. The van der Waals surface area contributed by atoms with Gasteiger partial charge in [0.15, 0.2) is 6.10 Å². The highest BCUT2D eigenvalue weighted by Gasteiger charge is 2.34. The topological polar surface area (TPSA) is 38.3 Å². The molecular formula is C18H17F4NO2. The van der Waals surface area contributed by atoms with Gasteiger partial charge in [0.05, 0.1) is 5.56 Å². The van der Waals surface area contributed by atoms with Crippen LogP contribution in [0.25, 0.3) is 0 Å². The second-order valence-electron chi connectivity index (χ2n) is 5.36. The average molecular weight is 355 g/mol. The number of nitrogens with one attached hydrogen (secondary N) is 1. The summed E-state index contributed by atoms with van der Waals surface area (Å²) < 4.78 is 56.8. The van der Waals surface area contributed by atoms with Crippen molar-refractivity contribution in [3.8, 4) is 5.75 Å². The SMILES string of the molecule is CCC(Oc1ccc(F)c(C(F)(F)F)c1)C(=O)NCc1ccccc1. The zero-order valence-corrected chi connectivity index (χ0v) is 13.4. The second kappa shape index (κ2) is 8.00. The highest BCUT2D eigenvalue weighted by molar-refractivity contribution is 5.81. The lowest BCUT2D eigenvalue weighted by Crippen LogP contribution is -2.37. The van der Waals surface area contributed by atoms with Crippen LogP contribution >= 0.6 is 0 Å². The molecule has 0 radical (unpaired) electrons. The van der Waals surface area contributed by atoms with Crippen LogP contribution in [0.1, 0.15) is 24.5 Å². The summed E-state index contributed by atoms with van der Waals surface area (Å²) in [4.78, 5) is 12.2. The van der Waals surface area contributed by atoms with Gasteiger partial charge in [-0.25, -0.2) is 4.39 Å². The number of carbonyl (C=O) groups excluding carboxylic acids is 1. The standard InChI is InChI=1S/C18H17F4NO2/c1-2-16(17(24)23-11-12-6-4-3-5-7-12)25-13-8-9-15(19)14(10-13)18(20,21)22/h3-10,16H,2,11H2,1H3,(H,23,24). The molecule has 0 aliphatic rings. The number of amides is 1. The molecular weight excluding hydrogens is 338 g/mol. The highest BCUT2D eigenvalue weighted by Crippen LogP contribution is 2.33. The summed E-state index contributed by atoms with van der Waals surface area (Å²) >= 11 is 0. The molecule has 2 aromatic rings. The van der Waals surface area contributed by atoms with Crippen molar-refractivity contribution in [2.75, 3.05) is 0 Å². The molecule has 0 heterocycles. The van der Waals surface area contributed by atoms with E-state index in [1.807, 2.05) is 30.3 Å². The fourth-order valence-corrected chi connectivity index (χ4v) is 2.18. The number of benzene rings is 2. The van der Waals surface area contributed by atoms with Crippen LogP contribution in [0, 0.1) is 5.82 Å². The van der Waals surface area contributed by atoms with Gasteiger partial charge in [-0.05, 0) is 30.2 Å². The predicted molar refractivity (Wildman–Crippen MR) is 84.4 cm³/mol. The van der Waals surface area contributed by atoms with Crippen molar-refractivity contribution < 1.29 is 27.1 Å². The van der Waals surface area contributed by atoms with Crippen LogP contribution < -0.4 is 10.1 Å². The Balaban J connectivity index is 2.05. The van der Waals surface area contributed by atoms with Gasteiger partial charge in [-0.2, -0.15) is 13.2 Å². The Hall–Kier alpha value is -2.57. The summed E-state index contributed by atoms with van der Waals surface area (Å²) in [5.74, 6) is -2.05. The first-order valence-corrected chi connectivity index (χ1v) is 7.66. The second-order valence-corrected chi connectivity index (χ2v) is 5.36. The first kappa shape index (κ1) is 18.8. The van der Waals surface area contributed by atoms with Crippen LogP contribution in [0.3, 0.4) is 0 Å². The minimum absolute atomic E-state index is 0.213. The molecule has 2 rings (SSSR count). The van der Waals surface area contributed by atoms with Crippen molar-refractivity contribution >= 4 is 5.91 Å². The monoisotopic (exact) mass is 355 g/mol. The Morgan fingerprint density at radius 2 is 1.84 bits per heavy atom. The third-order valence-electron chi connectivity index (χ3n) is 3.49. The van der Waals surface area contributed by atoms with E-state index in [1.54, 1.807) is 6.92 Å². The van der Waals surface area contributed by atoms with Gasteiger partial charge in [-0.15, -0.1) is 0 Å². The maximum atomic E-state index is 13.3. The van der Waals surface area contributed by atoms with E-state index in [-0.39, 0.29) is 18.7 Å². The van der Waals surface area contributed by atoms with E-state index in [0.717, 1.165) is 11.6 Å². The van der Waals surface area contributed by atoms with E-state index >= 15 is 0 Å². The summed E-state index contributed by atoms with van der Waals surface area (Å²) in [6.45, 7) is 1.94. The Labute approximate surface area is 142 Å². The minimum atomic E-state index is -4.83. The summed E-state index contributed by atoms with van der Waals surface area (Å²) in [5.41, 5.74) is -0.545. The van der Waals surface area contributed by atoms with Gasteiger partial charge in [0.2, 0.25) is 0 Å². The molecule has 0 spiro atoms. The number of hydrogen-bond donors (Lipinski definition) is 1. The van der Waals surface area contributed by atoms with Crippen molar-refractivity contribution in [1.82, 2.24) is 5.32 Å². The van der Waals surface area contributed by atoms with Crippen LogP contribution in [0.2, 0.25) is 0 Å². The van der Waals surface area contributed by atoms with Gasteiger partial charge < -0.3 is 10.1 Å². The third-order valence-corrected chi connectivity index (χ3v) is 3.49. The van der Waals surface area contributed by atoms with E-state index in [2.05, 4.69) is 5.32 Å². The summed E-state index contributed by atoms with van der Waals surface area (Å²) in [6.07, 6.45) is -5.56. The Morgan fingerprint density at radius 3 is 2.44 bits per heavy atom. The third kappa shape index (κ3) is 5.20. The maximum absolute atomic E-state index is 13.3. The van der Waals surface area contributed by atoms with E-state index in [9.17, 15) is 22.4 Å². The van der Waals surface area contributed by atoms with Crippen LogP contribution in [0.15, 0.2) is 48.5 Å². The van der Waals surface area contributed by atoms with Gasteiger partial charge in [0, 0.05) is 6.54 Å². The van der Waals surface area contributed by atoms with Crippen molar-refractivity contribution in [2.24, 2.45) is 0 Å². The molecule has 0 aliphatic heterocycles. The van der Waals surface area contributed by atoms with Crippen LogP contribution in [0.4, 0.5) is 17.6 Å². The molecule has 0 bridgehead atoms. The van der Waals surface area contributed by atoms with E-state index in [0.29, 0.717) is 12.1 Å². The van der Waals surface area contributed by atoms with Gasteiger partial charge >= 0.3 is 6.18 Å². The summed E-state index contributed by atoms with van der Waals surface area (Å²) in [6, 6.07) is 11.5. The molecule has 1 amide bonds. The molecule has 0 fully saturated rings. The van der Waals surface area contributed by atoms with Crippen molar-refractivity contribution in [2.45, 2.75) is 32.2 Å². The zero-order chi connectivity index (χ0) is 18.4. The average Bonchev–Trinajstić information content (AvgIpc) is 2.58.